The Morgan fingerprint density at radius 3 is 2.21 bits per heavy atom. The number of carbonyl (C=O) groups is 2. The highest BCUT2D eigenvalue weighted by molar-refractivity contribution is 5.69. The lowest BCUT2D eigenvalue weighted by Crippen LogP contribution is -2.51. The molecule has 0 aromatic heterocycles. The van der Waals surface area contributed by atoms with Crippen LogP contribution in [0.25, 0.3) is 0 Å². The lowest BCUT2D eigenvalue weighted by Gasteiger charge is -2.58. The van der Waals surface area contributed by atoms with Gasteiger partial charge in [0.2, 0.25) is 0 Å². The van der Waals surface area contributed by atoms with E-state index in [1.807, 2.05) is 13.8 Å². The monoisotopic (exact) mass is 601 g/mol. The molecule has 3 fully saturated rings. The number of aliphatic carboxylic acids is 1. The summed E-state index contributed by atoms with van der Waals surface area (Å²) in [7, 11) is 0. The maximum absolute atomic E-state index is 12.6. The number of fused-ring (bicyclic) bond motifs is 5. The summed E-state index contributed by atoms with van der Waals surface area (Å²) in [6.45, 7) is 16.5. The van der Waals surface area contributed by atoms with Gasteiger partial charge in [0.1, 0.15) is 6.10 Å². The average Bonchev–Trinajstić information content (AvgIpc) is 3.32. The second-order valence-electron chi connectivity index (χ2n) is 15.7. The first-order chi connectivity index (χ1) is 20.5. The molecule has 0 bridgehead atoms. The van der Waals surface area contributed by atoms with Crippen molar-refractivity contribution in [3.8, 4) is 0 Å². The van der Waals surface area contributed by atoms with Crippen LogP contribution in [0.2, 0.25) is 0 Å². The smallest absolute Gasteiger partial charge is 0.306 e. The Hall–Kier alpha value is -1.32. The Morgan fingerprint density at radius 1 is 0.860 bits per heavy atom. The Bertz CT molecular complexity index is 907. The van der Waals surface area contributed by atoms with Crippen molar-refractivity contribution in [3.63, 3.8) is 0 Å². The van der Waals surface area contributed by atoms with Gasteiger partial charge in [-0.25, -0.2) is 0 Å². The molecular weight excluding hydrogens is 532 g/mol. The second kappa shape index (κ2) is 16.8. The van der Waals surface area contributed by atoms with Gasteiger partial charge < -0.3 is 9.84 Å². The molecule has 8 atom stereocenters. The molecule has 0 aliphatic heterocycles. The summed E-state index contributed by atoms with van der Waals surface area (Å²) in [6.07, 6.45) is 23.5. The van der Waals surface area contributed by atoms with Crippen LogP contribution >= 0.6 is 0 Å². The van der Waals surface area contributed by atoms with Crippen LogP contribution in [0, 0.1) is 46.3 Å². The molecule has 1 N–H and O–H groups in total. The zero-order valence-corrected chi connectivity index (χ0v) is 29.2. The molecule has 3 saturated carbocycles. The minimum Gasteiger partial charge on any atom is -0.481 e. The highest BCUT2D eigenvalue weighted by Gasteiger charge is 2.59. The average molecular weight is 601 g/mol. The number of carboxylic acids is 1. The fraction of sp³-hybridized carbons (Fsp3) is 0.897. The molecule has 4 heteroatoms. The van der Waals surface area contributed by atoms with Gasteiger partial charge in [0.15, 0.2) is 0 Å². The van der Waals surface area contributed by atoms with Crippen molar-refractivity contribution < 1.29 is 19.4 Å². The number of carbonyl (C=O) groups excluding carboxylic acids is 1. The predicted octanol–water partition coefficient (Wildman–Crippen LogP) is 11.2. The summed E-state index contributed by atoms with van der Waals surface area (Å²) >= 11 is 0. The maximum atomic E-state index is 12.6. The molecule has 0 aromatic carbocycles. The minimum atomic E-state index is -0.707. The number of carboxylic acid groups (broad SMARTS) is 1. The summed E-state index contributed by atoms with van der Waals surface area (Å²) in [4.78, 5) is 23.2. The van der Waals surface area contributed by atoms with Gasteiger partial charge in [-0.2, -0.15) is 0 Å². The van der Waals surface area contributed by atoms with E-state index in [9.17, 15) is 9.59 Å². The van der Waals surface area contributed by atoms with Crippen molar-refractivity contribution in [2.45, 2.75) is 177 Å². The molecule has 248 valence electrons. The van der Waals surface area contributed by atoms with Crippen molar-refractivity contribution in [2.75, 3.05) is 0 Å². The Kier molecular flexibility index (Phi) is 14.2. The van der Waals surface area contributed by atoms with E-state index in [-0.39, 0.29) is 18.5 Å². The van der Waals surface area contributed by atoms with Gasteiger partial charge in [-0.05, 0) is 104 Å². The lowest BCUT2D eigenvalue weighted by atomic mass is 9.47. The van der Waals surface area contributed by atoms with E-state index in [0.717, 1.165) is 86.9 Å². The zero-order valence-electron chi connectivity index (χ0n) is 29.2. The van der Waals surface area contributed by atoms with Crippen LogP contribution in [0.15, 0.2) is 11.6 Å². The van der Waals surface area contributed by atoms with Crippen molar-refractivity contribution in [1.29, 1.82) is 0 Å². The summed E-state index contributed by atoms with van der Waals surface area (Å²) in [6, 6.07) is 0. The number of hydrogen-bond donors (Lipinski definition) is 1. The largest absolute Gasteiger partial charge is 0.481 e. The van der Waals surface area contributed by atoms with Crippen molar-refractivity contribution >= 4 is 11.9 Å². The predicted molar refractivity (Wildman–Crippen MR) is 179 cm³/mol. The first kappa shape index (κ1) is 36.2. The van der Waals surface area contributed by atoms with Gasteiger partial charge in [0.25, 0.3) is 0 Å². The third-order valence-electron chi connectivity index (χ3n) is 12.6. The lowest BCUT2D eigenvalue weighted by molar-refractivity contribution is -0.151. The first-order valence-corrected chi connectivity index (χ1v) is 18.7. The summed E-state index contributed by atoms with van der Waals surface area (Å²) in [5.74, 6) is 4.41. The molecule has 1 unspecified atom stereocenters. The minimum absolute atomic E-state index is 0.0216. The first-order valence-electron chi connectivity index (χ1n) is 18.7. The number of ether oxygens (including phenoxy) is 1. The number of esters is 1. The summed E-state index contributed by atoms with van der Waals surface area (Å²) < 4.78 is 6.02. The number of rotatable bonds is 15. The topological polar surface area (TPSA) is 63.6 Å². The van der Waals surface area contributed by atoms with Crippen LogP contribution in [0.1, 0.15) is 170 Å². The van der Waals surface area contributed by atoms with Crippen LogP contribution in [0.4, 0.5) is 0 Å². The summed E-state index contributed by atoms with van der Waals surface area (Å²) in [5, 5.41) is 8.73. The normalized spacial score (nSPS) is 33.8. The van der Waals surface area contributed by atoms with E-state index in [0.29, 0.717) is 17.3 Å². The van der Waals surface area contributed by atoms with E-state index in [2.05, 4.69) is 40.7 Å². The van der Waals surface area contributed by atoms with Crippen LogP contribution in [-0.2, 0) is 14.3 Å². The molecule has 0 radical (unpaired) electrons. The molecule has 0 aromatic rings. The van der Waals surface area contributed by atoms with Crippen LogP contribution in [0.3, 0.4) is 0 Å². The SMILES string of the molecule is CC.CC(C)CCCC(C)[C@H]1CC[C@H]2[C@@H]3CC=C4C[C@@H](OC(=O)CCCCCCCCC(=O)O)CC[C@]4(C)[C@H]3CC[C@]12C. The second-order valence-corrected chi connectivity index (χ2v) is 15.7. The third-order valence-corrected chi connectivity index (χ3v) is 12.6. The summed E-state index contributed by atoms with van der Waals surface area (Å²) in [5.41, 5.74) is 2.43. The molecule has 4 rings (SSSR count). The molecule has 4 aliphatic carbocycles. The molecule has 0 amide bonds. The molecule has 4 nitrogen and oxygen atoms in total. The van der Waals surface area contributed by atoms with Gasteiger partial charge in [-0.3, -0.25) is 9.59 Å². The Labute approximate surface area is 265 Å². The van der Waals surface area contributed by atoms with E-state index in [1.165, 1.54) is 57.8 Å². The van der Waals surface area contributed by atoms with Gasteiger partial charge in [-0.1, -0.05) is 105 Å². The fourth-order valence-corrected chi connectivity index (χ4v) is 10.3. The maximum Gasteiger partial charge on any atom is 0.306 e. The molecule has 0 saturated heterocycles. The number of hydrogen-bond acceptors (Lipinski definition) is 3. The van der Waals surface area contributed by atoms with Crippen LogP contribution in [0.5, 0.6) is 0 Å². The van der Waals surface area contributed by atoms with Crippen LogP contribution < -0.4 is 0 Å². The fourth-order valence-electron chi connectivity index (χ4n) is 10.3. The van der Waals surface area contributed by atoms with Gasteiger partial charge >= 0.3 is 11.9 Å². The van der Waals surface area contributed by atoms with Crippen molar-refractivity contribution in [3.05, 3.63) is 11.6 Å². The quantitative estimate of drug-likeness (QED) is 0.115. The molecule has 0 spiro atoms. The number of allylic oxidation sites excluding steroid dienone is 1. The van der Waals surface area contributed by atoms with E-state index >= 15 is 0 Å². The zero-order chi connectivity index (χ0) is 31.6. The molecule has 43 heavy (non-hydrogen) atoms. The Balaban J connectivity index is 0.00000248. The highest BCUT2D eigenvalue weighted by Crippen LogP contribution is 2.67. The van der Waals surface area contributed by atoms with E-state index in [4.69, 9.17) is 9.84 Å². The van der Waals surface area contributed by atoms with Crippen molar-refractivity contribution in [1.82, 2.24) is 0 Å². The highest BCUT2D eigenvalue weighted by atomic mass is 16.5. The van der Waals surface area contributed by atoms with E-state index in [1.54, 1.807) is 5.57 Å². The van der Waals surface area contributed by atoms with Gasteiger partial charge in [0, 0.05) is 19.3 Å². The van der Waals surface area contributed by atoms with E-state index < -0.39 is 5.97 Å². The molecule has 0 heterocycles. The Morgan fingerprint density at radius 2 is 1.53 bits per heavy atom. The van der Waals surface area contributed by atoms with Gasteiger partial charge in [0.05, 0.1) is 0 Å². The van der Waals surface area contributed by atoms with Crippen molar-refractivity contribution in [2.24, 2.45) is 46.3 Å². The molecule has 4 aliphatic rings. The standard InChI is InChI=1S/C37H62O4.C2H6/c1-26(2)13-12-14-27(3)31-19-20-32-30-18-17-28-25-29(21-23-36(28,4)33(30)22-24-37(31,32)5)41-35(40)16-11-9-7-6-8-10-15-34(38)39;1-2/h17,26-27,29-33H,6-16,18-25H2,1-5H3,(H,38,39);1-2H3/t27?,29-,30-,31+,32-,33-,36-,37+;/m0./s1. The number of unbranched alkanes of at least 4 members (excludes halogenated alkanes) is 5. The van der Waals surface area contributed by atoms with Gasteiger partial charge in [-0.15, -0.1) is 0 Å². The van der Waals surface area contributed by atoms with Crippen LogP contribution in [-0.4, -0.2) is 23.1 Å². The molecular formula is C39H68O4. The third kappa shape index (κ3) is 9.12.